The van der Waals surface area contributed by atoms with Crippen LogP contribution in [0.2, 0.25) is 0 Å². The second-order valence-corrected chi connectivity index (χ2v) is 29.5. The highest BCUT2D eigenvalue weighted by Crippen LogP contribution is 2.45. The van der Waals surface area contributed by atoms with Crippen LogP contribution in [0.15, 0.2) is 24.3 Å². The summed E-state index contributed by atoms with van der Waals surface area (Å²) in [5.74, 6) is -0.694. The van der Waals surface area contributed by atoms with Gasteiger partial charge in [0.05, 0.1) is 26.4 Å². The molecule has 0 bridgehead atoms. The summed E-state index contributed by atoms with van der Waals surface area (Å²) in [6.45, 7) is 9.43. The summed E-state index contributed by atoms with van der Waals surface area (Å²) in [5.41, 5.74) is 0. The van der Waals surface area contributed by atoms with Crippen molar-refractivity contribution in [3.63, 3.8) is 0 Å². The van der Waals surface area contributed by atoms with Gasteiger partial charge in [0.1, 0.15) is 19.3 Å². The van der Waals surface area contributed by atoms with Crippen LogP contribution in [0.3, 0.4) is 0 Å². The first kappa shape index (κ1) is 89.5. The predicted octanol–water partition coefficient (Wildman–Crippen LogP) is 20.7. The van der Waals surface area contributed by atoms with Gasteiger partial charge in [-0.25, -0.2) is 9.13 Å². The van der Waals surface area contributed by atoms with Crippen molar-refractivity contribution >= 4 is 39.5 Å². The normalized spacial score (nSPS) is 14.2. The molecule has 0 aromatic rings. The molecule has 0 rings (SSSR count). The number of carbonyl (C=O) groups excluding carboxylic acids is 4. The van der Waals surface area contributed by atoms with Crippen LogP contribution in [0.4, 0.5) is 0 Å². The quantitative estimate of drug-likeness (QED) is 0.0169. The van der Waals surface area contributed by atoms with Crippen molar-refractivity contribution < 1.29 is 80.2 Å². The van der Waals surface area contributed by atoms with Gasteiger partial charge in [0.2, 0.25) is 0 Å². The van der Waals surface area contributed by atoms with Crippen molar-refractivity contribution in [3.05, 3.63) is 24.3 Å². The number of phosphoric ester groups is 2. The molecule has 0 aliphatic rings. The average molecular weight is 1350 g/mol. The number of allylic oxidation sites excluding steroid dienone is 4. The van der Waals surface area contributed by atoms with Crippen molar-refractivity contribution in [2.45, 2.75) is 368 Å². The van der Waals surface area contributed by atoms with Crippen molar-refractivity contribution in [1.29, 1.82) is 0 Å². The minimum atomic E-state index is -4.96. The fourth-order valence-electron chi connectivity index (χ4n) is 10.6. The number of aliphatic hydroxyl groups is 1. The number of phosphoric acid groups is 2. The number of aliphatic hydroxyl groups excluding tert-OH is 1. The lowest BCUT2D eigenvalue weighted by atomic mass is 10.0. The van der Waals surface area contributed by atoms with Gasteiger partial charge in [-0.3, -0.25) is 37.3 Å². The minimum Gasteiger partial charge on any atom is -0.462 e. The molecule has 0 radical (unpaired) electrons. The second-order valence-electron chi connectivity index (χ2n) is 26.6. The first-order chi connectivity index (χ1) is 44.4. The highest BCUT2D eigenvalue weighted by molar-refractivity contribution is 7.47. The lowest BCUT2D eigenvalue weighted by Gasteiger charge is -2.21. The third-order valence-corrected chi connectivity index (χ3v) is 18.2. The summed E-state index contributed by atoms with van der Waals surface area (Å²) in [7, 11) is -9.92. The number of hydrogen-bond donors (Lipinski definition) is 3. The van der Waals surface area contributed by atoms with E-state index < -0.39 is 97.5 Å². The zero-order chi connectivity index (χ0) is 67.9. The molecule has 0 fully saturated rings. The van der Waals surface area contributed by atoms with Gasteiger partial charge in [0, 0.05) is 25.7 Å². The number of rotatable bonds is 70. The van der Waals surface area contributed by atoms with Gasteiger partial charge >= 0.3 is 39.5 Å². The Labute approximate surface area is 561 Å². The molecule has 5 atom stereocenters. The standard InChI is InChI=1S/C73H138O17P2/c1-7-9-11-13-15-17-19-21-22-24-30-34-38-46-52-58-72(77)89-68(61-83-70(75)55-49-43-36-32-28-26-25-27-31-35-41-47-53-65(3)4)63-87-91(79,80)85-59-67(74)60-86-92(81,82)88-64-69(62-84-71(76)56-50-44-40-39-42-48-54-66(5)6)90-73(78)57-51-45-37-33-29-23-20-18-16-14-12-10-8-2/h17,19,21-22,65-69,74H,7-16,18,20,23-64H2,1-6H3,(H,79,80)(H,81,82)/b19-17-,22-21-/t67-,68-,69-/m1/s1. The van der Waals surface area contributed by atoms with E-state index in [-0.39, 0.29) is 25.7 Å². The van der Waals surface area contributed by atoms with Crippen LogP contribution in [0, 0.1) is 11.8 Å². The number of ether oxygens (including phenoxy) is 4. The summed E-state index contributed by atoms with van der Waals surface area (Å²) in [5, 5.41) is 10.6. The molecule has 3 N–H and O–H groups in total. The zero-order valence-electron chi connectivity index (χ0n) is 59.3. The van der Waals surface area contributed by atoms with Gasteiger partial charge in [-0.1, -0.05) is 297 Å². The lowest BCUT2D eigenvalue weighted by Crippen LogP contribution is -2.30. The predicted molar refractivity (Wildman–Crippen MR) is 372 cm³/mol. The number of unbranched alkanes of at least 4 members (excludes halogenated alkanes) is 37. The number of carbonyl (C=O) groups is 4. The van der Waals surface area contributed by atoms with E-state index >= 15 is 0 Å². The molecule has 0 aromatic heterocycles. The summed E-state index contributed by atoms with van der Waals surface area (Å²) in [6.07, 6.45) is 53.6. The monoisotopic (exact) mass is 1350 g/mol. The summed E-state index contributed by atoms with van der Waals surface area (Å²) >= 11 is 0. The molecular formula is C73H138O17P2. The van der Waals surface area contributed by atoms with E-state index in [0.717, 1.165) is 115 Å². The van der Waals surface area contributed by atoms with Crippen molar-refractivity contribution in [2.24, 2.45) is 11.8 Å². The van der Waals surface area contributed by atoms with E-state index in [4.69, 9.17) is 37.0 Å². The molecule has 2 unspecified atom stereocenters. The molecule has 0 aliphatic heterocycles. The van der Waals surface area contributed by atoms with Crippen LogP contribution in [-0.2, 0) is 65.4 Å². The minimum absolute atomic E-state index is 0.0849. The van der Waals surface area contributed by atoms with E-state index in [1.54, 1.807) is 0 Å². The molecule has 0 heterocycles. The molecule has 0 aliphatic carbocycles. The van der Waals surface area contributed by atoms with Crippen molar-refractivity contribution in [3.8, 4) is 0 Å². The van der Waals surface area contributed by atoms with Crippen LogP contribution in [0.5, 0.6) is 0 Å². The third kappa shape index (κ3) is 66.2. The van der Waals surface area contributed by atoms with Crippen LogP contribution in [0.1, 0.15) is 350 Å². The third-order valence-electron chi connectivity index (χ3n) is 16.3. The van der Waals surface area contributed by atoms with E-state index in [2.05, 4.69) is 65.8 Å². The van der Waals surface area contributed by atoms with E-state index in [9.17, 15) is 43.2 Å². The van der Waals surface area contributed by atoms with E-state index in [1.165, 1.54) is 148 Å². The molecule has 17 nitrogen and oxygen atoms in total. The maximum Gasteiger partial charge on any atom is 0.472 e. The van der Waals surface area contributed by atoms with Crippen molar-refractivity contribution in [1.82, 2.24) is 0 Å². The fourth-order valence-corrected chi connectivity index (χ4v) is 12.2. The molecule has 0 amide bonds. The fraction of sp³-hybridized carbons (Fsp3) is 0.890. The van der Waals surface area contributed by atoms with Gasteiger partial charge in [0.15, 0.2) is 12.2 Å². The molecule has 0 spiro atoms. The van der Waals surface area contributed by atoms with E-state index in [0.29, 0.717) is 31.6 Å². The van der Waals surface area contributed by atoms with Crippen LogP contribution >= 0.6 is 15.6 Å². The smallest absolute Gasteiger partial charge is 0.462 e. The van der Waals surface area contributed by atoms with Gasteiger partial charge < -0.3 is 33.8 Å². The number of esters is 4. The number of hydrogen-bond acceptors (Lipinski definition) is 15. The molecule has 92 heavy (non-hydrogen) atoms. The molecule has 0 aromatic carbocycles. The largest absolute Gasteiger partial charge is 0.472 e. The molecule has 19 heteroatoms. The Morgan fingerprint density at radius 2 is 0.587 bits per heavy atom. The Morgan fingerprint density at radius 3 is 0.891 bits per heavy atom. The van der Waals surface area contributed by atoms with Gasteiger partial charge in [-0.15, -0.1) is 0 Å². The van der Waals surface area contributed by atoms with E-state index in [1.807, 2.05) is 0 Å². The summed E-state index contributed by atoms with van der Waals surface area (Å²) in [6, 6.07) is 0. The Morgan fingerprint density at radius 1 is 0.337 bits per heavy atom. The Hall–Kier alpha value is -2.46. The Balaban J connectivity index is 5.28. The zero-order valence-corrected chi connectivity index (χ0v) is 61.1. The van der Waals surface area contributed by atoms with Crippen LogP contribution < -0.4 is 0 Å². The molecular weight excluding hydrogens is 1210 g/mol. The summed E-state index contributed by atoms with van der Waals surface area (Å²) < 4.78 is 68.3. The SMILES string of the molecule is CCCCCC/C=C\C=C/CCCCCCCC(=O)O[C@H](COC(=O)CCCCCCCCCCCCCCC(C)C)COP(=O)(O)OC[C@@H](O)COP(=O)(O)OC[C@@H](COC(=O)CCCCCCCCC(C)C)OC(=O)CCCCCCCCCCCCCCC. The van der Waals surface area contributed by atoms with Gasteiger partial charge in [-0.2, -0.15) is 0 Å². The molecule has 0 saturated carbocycles. The van der Waals surface area contributed by atoms with Crippen LogP contribution in [-0.4, -0.2) is 96.7 Å². The lowest BCUT2D eigenvalue weighted by molar-refractivity contribution is -0.161. The molecule has 542 valence electrons. The summed E-state index contributed by atoms with van der Waals surface area (Å²) in [4.78, 5) is 72.6. The highest BCUT2D eigenvalue weighted by atomic mass is 31.2. The average Bonchev–Trinajstić information content (AvgIpc) is 1.45. The Bertz CT molecular complexity index is 1880. The van der Waals surface area contributed by atoms with Gasteiger partial charge in [-0.05, 0) is 63.2 Å². The topological polar surface area (TPSA) is 237 Å². The first-order valence-electron chi connectivity index (χ1n) is 37.3. The van der Waals surface area contributed by atoms with Crippen LogP contribution in [0.25, 0.3) is 0 Å². The molecule has 0 saturated heterocycles. The Kier molecular flexibility index (Phi) is 62.8. The second kappa shape index (κ2) is 64.5. The maximum atomic E-state index is 13.0. The highest BCUT2D eigenvalue weighted by Gasteiger charge is 2.30. The van der Waals surface area contributed by atoms with Crippen molar-refractivity contribution in [2.75, 3.05) is 39.6 Å². The van der Waals surface area contributed by atoms with Gasteiger partial charge in [0.25, 0.3) is 0 Å². The first-order valence-corrected chi connectivity index (χ1v) is 40.3. The maximum absolute atomic E-state index is 13.0.